The van der Waals surface area contributed by atoms with E-state index in [0.717, 1.165) is 11.8 Å². The summed E-state index contributed by atoms with van der Waals surface area (Å²) in [4.78, 5) is 42.7. The van der Waals surface area contributed by atoms with Gasteiger partial charge in [0.1, 0.15) is 0 Å². The normalized spacial score (nSPS) is 13.0. The van der Waals surface area contributed by atoms with Gasteiger partial charge in [-0.1, -0.05) is 12.1 Å². The summed E-state index contributed by atoms with van der Waals surface area (Å²) in [7, 11) is 5.34. The minimum absolute atomic E-state index is 0.382. The minimum Gasteiger partial charge on any atom is -0.399 e. The van der Waals surface area contributed by atoms with Gasteiger partial charge in [0, 0.05) is 37.8 Å². The van der Waals surface area contributed by atoms with Crippen LogP contribution in [0.5, 0.6) is 0 Å². The quantitative estimate of drug-likeness (QED) is 0.411. The van der Waals surface area contributed by atoms with E-state index in [4.69, 9.17) is 5.73 Å². The lowest BCUT2D eigenvalue weighted by molar-refractivity contribution is -0.107. The molecule has 0 aromatic heterocycles. The Morgan fingerprint density at radius 2 is 1.63 bits per heavy atom. The molecule has 0 aliphatic carbocycles. The topological polar surface area (TPSA) is 87.0 Å². The van der Waals surface area contributed by atoms with Crippen LogP contribution in [0.2, 0.25) is 0 Å². The molecule has 1 aliphatic heterocycles. The fourth-order valence-corrected chi connectivity index (χ4v) is 3.96. The molecule has 4 rings (SSSR count). The maximum Gasteiger partial charge on any atom is 0.266 e. The molecule has 0 atom stereocenters. The number of hydrogen-bond donors (Lipinski definition) is 1. The van der Waals surface area contributed by atoms with Crippen molar-refractivity contribution in [1.82, 2.24) is 0 Å². The van der Waals surface area contributed by atoms with Gasteiger partial charge in [-0.15, -0.1) is 0 Å². The average Bonchev–Trinajstić information content (AvgIpc) is 2.71. The summed E-state index contributed by atoms with van der Waals surface area (Å²) in [5.74, 6) is -0.799. The Balaban J connectivity index is 1.96. The van der Waals surface area contributed by atoms with Crippen LogP contribution < -0.4 is 20.4 Å². The Morgan fingerprint density at radius 3 is 2.30 bits per heavy atom. The fraction of sp³-hybridized carbons (Fsp3) is 0.174. The highest BCUT2D eigenvalue weighted by molar-refractivity contribution is 6.36. The summed E-state index contributed by atoms with van der Waals surface area (Å²) < 4.78 is 0. The first kappa shape index (κ1) is 19.4. The van der Waals surface area contributed by atoms with Crippen molar-refractivity contribution in [2.75, 3.05) is 41.6 Å². The van der Waals surface area contributed by atoms with Gasteiger partial charge in [-0.05, 0) is 48.2 Å². The Kier molecular flexibility index (Phi) is 4.46. The van der Waals surface area contributed by atoms with E-state index in [1.807, 2.05) is 32.0 Å². The number of anilines is 4. The molecule has 0 spiro atoms. The van der Waals surface area contributed by atoms with Gasteiger partial charge in [0.25, 0.3) is 11.8 Å². The Hall–Kier alpha value is -3.87. The summed E-state index contributed by atoms with van der Waals surface area (Å²) in [6.07, 6.45) is 0.721. The molecule has 152 valence electrons. The molecule has 0 unspecified atom stereocenters. The van der Waals surface area contributed by atoms with Gasteiger partial charge in [-0.25, -0.2) is 4.90 Å². The van der Waals surface area contributed by atoms with Crippen LogP contribution in [0.4, 0.5) is 22.7 Å². The Labute approximate surface area is 174 Å². The van der Waals surface area contributed by atoms with E-state index in [-0.39, 0.29) is 5.91 Å². The smallest absolute Gasteiger partial charge is 0.266 e. The van der Waals surface area contributed by atoms with Gasteiger partial charge in [-0.2, -0.15) is 0 Å². The van der Waals surface area contributed by atoms with Crippen LogP contribution in [0, 0.1) is 6.92 Å². The molecule has 0 fully saturated rings. The van der Waals surface area contributed by atoms with Crippen LogP contribution in [0.1, 0.15) is 26.3 Å². The monoisotopic (exact) mass is 402 g/mol. The third-order valence-corrected chi connectivity index (χ3v) is 5.42. The van der Waals surface area contributed by atoms with Gasteiger partial charge in [0.15, 0.2) is 0 Å². The average molecular weight is 402 g/mol. The van der Waals surface area contributed by atoms with Crippen LogP contribution in [0.3, 0.4) is 0 Å². The predicted octanol–water partition coefficient (Wildman–Crippen LogP) is 3.19. The van der Waals surface area contributed by atoms with Crippen molar-refractivity contribution in [2.24, 2.45) is 0 Å². The van der Waals surface area contributed by atoms with E-state index in [2.05, 4.69) is 0 Å². The van der Waals surface area contributed by atoms with Crippen molar-refractivity contribution in [1.29, 1.82) is 0 Å². The molecule has 0 saturated carbocycles. The zero-order valence-corrected chi connectivity index (χ0v) is 17.3. The van der Waals surface area contributed by atoms with Gasteiger partial charge >= 0.3 is 0 Å². The highest BCUT2D eigenvalue weighted by Gasteiger charge is 2.35. The first-order valence-corrected chi connectivity index (χ1v) is 9.45. The first-order chi connectivity index (χ1) is 14.2. The molecule has 3 amide bonds. The zero-order valence-electron chi connectivity index (χ0n) is 17.3. The maximum atomic E-state index is 13.4. The molecule has 0 bridgehead atoms. The van der Waals surface area contributed by atoms with Crippen molar-refractivity contribution < 1.29 is 14.4 Å². The molecule has 7 nitrogen and oxygen atoms in total. The van der Waals surface area contributed by atoms with E-state index < -0.39 is 5.91 Å². The largest absolute Gasteiger partial charge is 0.399 e. The number of hydrogen-bond acceptors (Lipinski definition) is 5. The number of rotatable bonds is 4. The molecule has 3 aromatic rings. The summed E-state index contributed by atoms with van der Waals surface area (Å²) in [5.41, 5.74) is 9.91. The Bertz CT molecular complexity index is 1230. The zero-order chi connectivity index (χ0) is 21.7. The second-order valence-corrected chi connectivity index (χ2v) is 7.66. The molecule has 0 radical (unpaired) electrons. The second kappa shape index (κ2) is 6.88. The van der Waals surface area contributed by atoms with Gasteiger partial charge in [0.05, 0.1) is 22.6 Å². The number of benzene rings is 3. The molecule has 7 heteroatoms. The van der Waals surface area contributed by atoms with Gasteiger partial charge < -0.3 is 15.5 Å². The number of carbonyl (C=O) groups is 3. The fourth-order valence-electron chi connectivity index (χ4n) is 3.96. The van der Waals surface area contributed by atoms with Crippen LogP contribution in [0.25, 0.3) is 10.8 Å². The first-order valence-electron chi connectivity index (χ1n) is 9.45. The van der Waals surface area contributed by atoms with Crippen molar-refractivity contribution in [3.05, 3.63) is 59.2 Å². The lowest BCUT2D eigenvalue weighted by Gasteiger charge is -2.31. The molecule has 2 N–H and O–H groups in total. The van der Waals surface area contributed by atoms with Gasteiger partial charge in [-0.3, -0.25) is 14.4 Å². The van der Waals surface area contributed by atoms with E-state index in [9.17, 15) is 14.4 Å². The lowest BCUT2D eigenvalue weighted by Crippen LogP contribution is -2.41. The summed E-state index contributed by atoms with van der Waals surface area (Å²) in [6, 6.07) is 12.3. The van der Waals surface area contributed by atoms with Crippen molar-refractivity contribution >= 4 is 51.7 Å². The van der Waals surface area contributed by atoms with E-state index in [1.54, 1.807) is 43.4 Å². The summed E-state index contributed by atoms with van der Waals surface area (Å²) in [6.45, 7) is 1.81. The molecule has 1 aliphatic rings. The number of nitrogens with zero attached hydrogens (tertiary/aromatic N) is 3. The SMILES string of the molecule is Cc1cc(N(C)C=O)c(N(C)C)cc1N1C(=O)c2cccc3cc(N)cc(c23)C1=O. The van der Waals surface area contributed by atoms with E-state index in [0.29, 0.717) is 44.8 Å². The van der Waals surface area contributed by atoms with Crippen LogP contribution in [0.15, 0.2) is 42.5 Å². The second-order valence-electron chi connectivity index (χ2n) is 7.66. The van der Waals surface area contributed by atoms with Crippen molar-refractivity contribution in [3.63, 3.8) is 0 Å². The highest BCUT2D eigenvalue weighted by atomic mass is 16.2. The number of nitrogen functional groups attached to an aromatic ring is 1. The lowest BCUT2D eigenvalue weighted by atomic mass is 9.92. The summed E-state index contributed by atoms with van der Waals surface area (Å²) in [5, 5.41) is 1.39. The third-order valence-electron chi connectivity index (χ3n) is 5.42. The van der Waals surface area contributed by atoms with Crippen LogP contribution in [-0.2, 0) is 4.79 Å². The minimum atomic E-state index is -0.416. The van der Waals surface area contributed by atoms with Crippen LogP contribution in [-0.4, -0.2) is 39.4 Å². The number of amides is 3. The van der Waals surface area contributed by atoms with Crippen molar-refractivity contribution in [3.8, 4) is 0 Å². The van der Waals surface area contributed by atoms with E-state index in [1.165, 1.54) is 9.80 Å². The molecule has 1 heterocycles. The molecular formula is C23H22N4O3. The number of carbonyl (C=O) groups excluding carboxylic acids is 3. The molecule has 0 saturated heterocycles. The highest BCUT2D eigenvalue weighted by Crippen LogP contribution is 2.39. The summed E-state index contributed by atoms with van der Waals surface area (Å²) >= 11 is 0. The number of nitrogens with two attached hydrogens (primary N) is 1. The van der Waals surface area contributed by atoms with Crippen molar-refractivity contribution in [2.45, 2.75) is 6.92 Å². The Morgan fingerprint density at radius 1 is 0.933 bits per heavy atom. The standard InChI is InChI=1S/C23H22N4O3/c1-13-8-20(26(4)12-28)19(25(2)3)11-18(13)27-22(29)16-7-5-6-14-9-15(24)10-17(21(14)16)23(27)30/h5-12H,24H2,1-4H3. The van der Waals surface area contributed by atoms with Crippen LogP contribution >= 0.6 is 0 Å². The number of imide groups is 1. The molecule has 3 aromatic carbocycles. The molecule has 30 heavy (non-hydrogen) atoms. The predicted molar refractivity (Wildman–Crippen MR) is 119 cm³/mol. The third kappa shape index (κ3) is 2.78. The molecular weight excluding hydrogens is 380 g/mol. The van der Waals surface area contributed by atoms with Gasteiger partial charge in [0.2, 0.25) is 6.41 Å². The van der Waals surface area contributed by atoms with E-state index >= 15 is 0 Å². The number of aryl methyl sites for hydroxylation is 1. The maximum absolute atomic E-state index is 13.4.